The van der Waals surface area contributed by atoms with Crippen LogP contribution >= 0.6 is 11.6 Å². The predicted octanol–water partition coefficient (Wildman–Crippen LogP) is 3.71. The molecule has 0 amide bonds. The number of rotatable bonds is 3. The Balaban J connectivity index is 1.81. The molecular weight excluding hydrogens is 267 g/mol. The minimum Gasteiger partial charge on any atom is -0.487 e. The third-order valence-corrected chi connectivity index (χ3v) is 2.97. The van der Waals surface area contributed by atoms with Crippen molar-refractivity contribution in [3.05, 3.63) is 65.3 Å². The number of hydrogen-bond donors (Lipinski definition) is 0. The van der Waals surface area contributed by atoms with Gasteiger partial charge in [0, 0.05) is 6.20 Å². The van der Waals surface area contributed by atoms with Crippen LogP contribution < -0.4 is 4.74 Å². The Bertz CT molecular complexity index is 709. The molecule has 0 aliphatic heterocycles. The molecule has 3 aromatic rings. The van der Waals surface area contributed by atoms with Crippen molar-refractivity contribution in [3.8, 4) is 5.75 Å². The van der Waals surface area contributed by atoms with Crippen molar-refractivity contribution in [2.24, 2.45) is 0 Å². The smallest absolute Gasteiger partial charge is 0.137 e. The molecule has 3 rings (SSSR count). The van der Waals surface area contributed by atoms with E-state index in [9.17, 15) is 4.39 Å². The lowest BCUT2D eigenvalue weighted by atomic mass is 10.3. The van der Waals surface area contributed by atoms with Crippen molar-refractivity contribution in [1.29, 1.82) is 0 Å². The van der Waals surface area contributed by atoms with E-state index < -0.39 is 0 Å². The minimum atomic E-state index is -0.283. The zero-order valence-electron chi connectivity index (χ0n) is 9.88. The van der Waals surface area contributed by atoms with Gasteiger partial charge in [-0.25, -0.2) is 9.37 Å². The van der Waals surface area contributed by atoms with Gasteiger partial charge in [-0.1, -0.05) is 11.6 Å². The molecule has 0 N–H and O–H groups in total. The van der Waals surface area contributed by atoms with Gasteiger partial charge in [0.2, 0.25) is 0 Å². The second kappa shape index (κ2) is 4.90. The predicted molar refractivity (Wildman–Crippen MR) is 70.9 cm³/mol. The molecule has 3 nitrogen and oxygen atoms in total. The van der Waals surface area contributed by atoms with Crippen LogP contribution in [0.2, 0.25) is 5.02 Å². The number of pyridine rings is 1. The summed E-state index contributed by atoms with van der Waals surface area (Å²) in [5.41, 5.74) is 1.68. The summed E-state index contributed by atoms with van der Waals surface area (Å²) in [5.74, 6) is 0.326. The number of fused-ring (bicyclic) bond motifs is 1. The highest BCUT2D eigenvalue weighted by Gasteiger charge is 2.04. The van der Waals surface area contributed by atoms with E-state index in [1.165, 1.54) is 12.1 Å². The van der Waals surface area contributed by atoms with Crippen molar-refractivity contribution in [2.75, 3.05) is 0 Å². The summed E-state index contributed by atoms with van der Waals surface area (Å²) < 4.78 is 20.2. The highest BCUT2D eigenvalue weighted by molar-refractivity contribution is 6.30. The molecule has 0 aliphatic rings. The zero-order chi connectivity index (χ0) is 13.2. The zero-order valence-corrected chi connectivity index (χ0v) is 10.6. The number of benzene rings is 1. The molecule has 0 aliphatic carbocycles. The van der Waals surface area contributed by atoms with Crippen LogP contribution in [0.3, 0.4) is 0 Å². The second-order valence-electron chi connectivity index (χ2n) is 4.07. The van der Waals surface area contributed by atoms with Crippen LogP contribution in [0, 0.1) is 5.82 Å². The van der Waals surface area contributed by atoms with E-state index in [4.69, 9.17) is 16.3 Å². The molecule has 0 unspecified atom stereocenters. The summed E-state index contributed by atoms with van der Waals surface area (Å²) in [4.78, 5) is 4.25. The number of imidazole rings is 1. The first kappa shape index (κ1) is 12.0. The Morgan fingerprint density at radius 3 is 2.74 bits per heavy atom. The largest absolute Gasteiger partial charge is 0.487 e. The van der Waals surface area contributed by atoms with Crippen molar-refractivity contribution in [1.82, 2.24) is 9.38 Å². The topological polar surface area (TPSA) is 26.5 Å². The van der Waals surface area contributed by atoms with E-state index >= 15 is 0 Å². The molecular formula is C14H10ClFN2O. The Kier molecular flexibility index (Phi) is 3.09. The molecule has 0 saturated heterocycles. The Labute approximate surface area is 114 Å². The lowest BCUT2D eigenvalue weighted by Gasteiger charge is -2.06. The monoisotopic (exact) mass is 276 g/mol. The average Bonchev–Trinajstić information content (AvgIpc) is 2.80. The number of halogens is 2. The van der Waals surface area contributed by atoms with E-state index in [0.717, 1.165) is 11.3 Å². The summed E-state index contributed by atoms with van der Waals surface area (Å²) in [5, 5.41) is 0.633. The fraction of sp³-hybridized carbons (Fsp3) is 0.0714. The molecule has 0 atom stereocenters. The molecule has 1 aromatic carbocycles. The molecule has 19 heavy (non-hydrogen) atoms. The van der Waals surface area contributed by atoms with Crippen molar-refractivity contribution in [2.45, 2.75) is 6.61 Å². The third-order valence-electron chi connectivity index (χ3n) is 2.75. The maximum absolute atomic E-state index is 12.8. The quantitative estimate of drug-likeness (QED) is 0.729. The molecule has 0 bridgehead atoms. The molecule has 2 aromatic heterocycles. The fourth-order valence-corrected chi connectivity index (χ4v) is 1.96. The SMILES string of the molecule is Fc1ccc(OCc2cnc3ccc(Cl)cn23)cc1. The minimum absolute atomic E-state index is 0.283. The summed E-state index contributed by atoms with van der Waals surface area (Å²) in [6.07, 6.45) is 3.52. The molecule has 96 valence electrons. The number of nitrogens with zero attached hydrogens (tertiary/aromatic N) is 2. The van der Waals surface area contributed by atoms with Gasteiger partial charge in [-0.2, -0.15) is 0 Å². The lowest BCUT2D eigenvalue weighted by Crippen LogP contribution is -1.99. The Hall–Kier alpha value is -2.07. The summed E-state index contributed by atoms with van der Waals surface area (Å²) in [7, 11) is 0. The number of aromatic nitrogens is 2. The number of ether oxygens (including phenoxy) is 1. The summed E-state index contributed by atoms with van der Waals surface area (Å²) >= 11 is 5.95. The average molecular weight is 277 g/mol. The molecule has 5 heteroatoms. The van der Waals surface area contributed by atoms with Crippen molar-refractivity contribution in [3.63, 3.8) is 0 Å². The van der Waals surface area contributed by atoms with Crippen LogP contribution in [0.15, 0.2) is 48.8 Å². The molecule has 0 saturated carbocycles. The van der Waals surface area contributed by atoms with Gasteiger partial charge in [-0.15, -0.1) is 0 Å². The van der Waals surface area contributed by atoms with Crippen LogP contribution in [0.4, 0.5) is 4.39 Å². The van der Waals surface area contributed by atoms with Crippen molar-refractivity contribution >= 4 is 17.2 Å². The van der Waals surface area contributed by atoms with Gasteiger partial charge in [0.1, 0.15) is 23.8 Å². The van der Waals surface area contributed by atoms with Gasteiger partial charge in [-0.3, -0.25) is 4.40 Å². The van der Waals surface area contributed by atoms with Crippen molar-refractivity contribution < 1.29 is 9.13 Å². The van der Waals surface area contributed by atoms with Crippen LogP contribution in [-0.4, -0.2) is 9.38 Å². The van der Waals surface area contributed by atoms with E-state index in [1.54, 1.807) is 30.6 Å². The van der Waals surface area contributed by atoms with E-state index in [0.29, 0.717) is 17.4 Å². The molecule has 0 radical (unpaired) electrons. The standard InChI is InChI=1S/C14H10ClFN2O/c15-10-1-6-14-17-7-12(18(14)8-10)9-19-13-4-2-11(16)3-5-13/h1-8H,9H2. The molecule has 0 spiro atoms. The first-order valence-electron chi connectivity index (χ1n) is 5.72. The normalized spacial score (nSPS) is 10.8. The van der Waals surface area contributed by atoms with E-state index in [-0.39, 0.29) is 5.82 Å². The third kappa shape index (κ3) is 2.53. The summed E-state index contributed by atoms with van der Waals surface area (Å²) in [6.45, 7) is 0.340. The molecule has 2 heterocycles. The van der Waals surface area contributed by atoms with Gasteiger partial charge in [-0.05, 0) is 36.4 Å². The van der Waals surface area contributed by atoms with Crippen LogP contribution in [0.1, 0.15) is 5.69 Å². The second-order valence-corrected chi connectivity index (χ2v) is 4.50. The highest BCUT2D eigenvalue weighted by atomic mass is 35.5. The van der Waals surface area contributed by atoms with Gasteiger partial charge in [0.05, 0.1) is 16.9 Å². The van der Waals surface area contributed by atoms with Crippen LogP contribution in [0.5, 0.6) is 5.75 Å². The highest BCUT2D eigenvalue weighted by Crippen LogP contribution is 2.16. The lowest BCUT2D eigenvalue weighted by molar-refractivity contribution is 0.300. The number of hydrogen-bond acceptors (Lipinski definition) is 2. The Morgan fingerprint density at radius 2 is 1.95 bits per heavy atom. The van der Waals surface area contributed by atoms with Crippen LogP contribution in [-0.2, 0) is 6.61 Å². The fourth-order valence-electron chi connectivity index (χ4n) is 1.80. The van der Waals surface area contributed by atoms with E-state index in [1.807, 2.05) is 10.5 Å². The van der Waals surface area contributed by atoms with Gasteiger partial charge in [0.15, 0.2) is 0 Å². The first-order valence-corrected chi connectivity index (χ1v) is 6.10. The summed E-state index contributed by atoms with van der Waals surface area (Å²) in [6, 6.07) is 9.52. The van der Waals surface area contributed by atoms with Gasteiger partial charge >= 0.3 is 0 Å². The Morgan fingerprint density at radius 1 is 1.16 bits per heavy atom. The molecule has 0 fully saturated rings. The van der Waals surface area contributed by atoms with Gasteiger partial charge in [0.25, 0.3) is 0 Å². The maximum atomic E-state index is 12.8. The van der Waals surface area contributed by atoms with Gasteiger partial charge < -0.3 is 4.74 Å². The first-order chi connectivity index (χ1) is 9.22. The maximum Gasteiger partial charge on any atom is 0.137 e. The van der Waals surface area contributed by atoms with E-state index in [2.05, 4.69) is 4.98 Å². The van der Waals surface area contributed by atoms with Crippen LogP contribution in [0.25, 0.3) is 5.65 Å².